The summed E-state index contributed by atoms with van der Waals surface area (Å²) in [6.07, 6.45) is 0. The number of carboxylic acid groups (broad SMARTS) is 1. The first-order chi connectivity index (χ1) is 22.2. The van der Waals surface area contributed by atoms with Crippen molar-refractivity contribution in [3.8, 4) is 34.1 Å². The normalized spacial score (nSPS) is 12.6. The molecule has 46 heavy (non-hydrogen) atoms. The van der Waals surface area contributed by atoms with Gasteiger partial charge in [0.1, 0.15) is 23.0 Å². The summed E-state index contributed by atoms with van der Waals surface area (Å²) in [6.45, 7) is 0. The highest BCUT2D eigenvalue weighted by Crippen LogP contribution is 2.57. The van der Waals surface area contributed by atoms with Gasteiger partial charge in [-0.1, -0.05) is 42.5 Å². The molecule has 0 heterocycles. The van der Waals surface area contributed by atoms with Crippen molar-refractivity contribution in [2.75, 3.05) is 22.9 Å². The van der Waals surface area contributed by atoms with Crippen molar-refractivity contribution < 1.29 is 19.4 Å². The summed E-state index contributed by atoms with van der Waals surface area (Å²) in [4.78, 5) is 12.2. The molecule has 9 N–H and O–H groups in total. The third kappa shape index (κ3) is 4.78. The lowest BCUT2D eigenvalue weighted by atomic mass is 9.67. The fraction of sp³-hybridized carbons (Fsp3) is 0.0263. The van der Waals surface area contributed by atoms with E-state index in [4.69, 9.17) is 32.4 Å². The first-order valence-corrected chi connectivity index (χ1v) is 14.6. The maximum Gasteiger partial charge on any atom is 0.337 e. The fourth-order valence-corrected chi connectivity index (χ4v) is 6.35. The number of hydrogen-bond acceptors (Lipinski definition) is 7. The van der Waals surface area contributed by atoms with Crippen LogP contribution in [0.2, 0.25) is 0 Å². The van der Waals surface area contributed by atoms with Gasteiger partial charge < -0.3 is 37.5 Å². The molecule has 7 rings (SSSR count). The molecule has 8 nitrogen and oxygen atoms in total. The number of ether oxygens (including phenoxy) is 2. The number of aromatic carboxylic acids is 1. The predicted molar refractivity (Wildman–Crippen MR) is 181 cm³/mol. The molecule has 0 spiro atoms. The Hall–Kier alpha value is -6.41. The Labute approximate surface area is 265 Å². The van der Waals surface area contributed by atoms with Crippen LogP contribution in [0, 0.1) is 0 Å². The Bertz CT molecular complexity index is 2030. The number of rotatable bonds is 7. The van der Waals surface area contributed by atoms with E-state index in [1.54, 1.807) is 36.4 Å². The number of nitrogen functional groups attached to an aromatic ring is 4. The Morgan fingerprint density at radius 1 is 0.522 bits per heavy atom. The van der Waals surface area contributed by atoms with E-state index in [-0.39, 0.29) is 11.3 Å². The highest BCUT2D eigenvalue weighted by atomic mass is 16.5. The van der Waals surface area contributed by atoms with Crippen LogP contribution in [0.1, 0.15) is 32.6 Å². The quantitative estimate of drug-likeness (QED) is 0.116. The lowest BCUT2D eigenvalue weighted by Gasteiger charge is -2.34. The Kier molecular flexibility index (Phi) is 6.75. The van der Waals surface area contributed by atoms with E-state index >= 15 is 0 Å². The zero-order valence-electron chi connectivity index (χ0n) is 24.6. The van der Waals surface area contributed by atoms with Crippen LogP contribution in [-0.4, -0.2) is 11.1 Å². The van der Waals surface area contributed by atoms with Gasteiger partial charge in [-0.3, -0.25) is 0 Å². The highest BCUT2D eigenvalue weighted by molar-refractivity contribution is 5.99. The molecule has 0 atom stereocenters. The lowest BCUT2D eigenvalue weighted by Crippen LogP contribution is -2.29. The Morgan fingerprint density at radius 3 is 1.52 bits per heavy atom. The van der Waals surface area contributed by atoms with Crippen molar-refractivity contribution in [2.45, 2.75) is 5.41 Å². The topological polar surface area (TPSA) is 160 Å². The number of nitrogens with two attached hydrogens (primary N) is 4. The zero-order chi connectivity index (χ0) is 32.0. The van der Waals surface area contributed by atoms with Gasteiger partial charge >= 0.3 is 5.97 Å². The molecule has 0 aliphatic heterocycles. The number of hydrogen-bond donors (Lipinski definition) is 5. The maximum atomic E-state index is 12.2. The SMILES string of the molecule is Nc1cccc(Oc2ccc(C3(c4ccc(Oc5cccc(N)c5)cc4)c4cc(N)ccc4-c4cc(C(=O)O)c(N)cc43)cc2)c1. The monoisotopic (exact) mass is 606 g/mol. The molecule has 0 amide bonds. The molecule has 0 saturated heterocycles. The van der Waals surface area contributed by atoms with Crippen LogP contribution >= 0.6 is 0 Å². The van der Waals surface area contributed by atoms with Crippen molar-refractivity contribution in [3.05, 3.63) is 155 Å². The van der Waals surface area contributed by atoms with E-state index < -0.39 is 11.4 Å². The molecule has 6 aromatic rings. The van der Waals surface area contributed by atoms with Crippen LogP contribution in [0.25, 0.3) is 11.1 Å². The molecule has 1 aliphatic rings. The van der Waals surface area contributed by atoms with Crippen LogP contribution in [0.4, 0.5) is 22.7 Å². The van der Waals surface area contributed by atoms with E-state index in [2.05, 4.69) is 0 Å². The van der Waals surface area contributed by atoms with E-state index in [0.717, 1.165) is 33.4 Å². The third-order valence-corrected chi connectivity index (χ3v) is 8.32. The summed E-state index contributed by atoms with van der Waals surface area (Å²) in [5.74, 6) is 1.40. The Morgan fingerprint density at radius 2 is 1.02 bits per heavy atom. The van der Waals surface area contributed by atoms with Crippen LogP contribution in [0.5, 0.6) is 23.0 Å². The van der Waals surface area contributed by atoms with E-state index in [1.165, 1.54) is 0 Å². The second-order valence-corrected chi connectivity index (χ2v) is 11.2. The predicted octanol–water partition coefficient (Wildman–Crippen LogP) is 7.66. The van der Waals surface area contributed by atoms with Crippen molar-refractivity contribution in [2.24, 2.45) is 0 Å². The number of fused-ring (bicyclic) bond motifs is 3. The minimum Gasteiger partial charge on any atom is -0.478 e. The summed E-state index contributed by atoms with van der Waals surface area (Å²) in [6, 6.07) is 39.2. The lowest BCUT2D eigenvalue weighted by molar-refractivity contribution is 0.0698. The average molecular weight is 607 g/mol. The second-order valence-electron chi connectivity index (χ2n) is 11.2. The van der Waals surface area contributed by atoms with Gasteiger partial charge in [-0.15, -0.1) is 0 Å². The maximum absolute atomic E-state index is 12.2. The van der Waals surface area contributed by atoms with Gasteiger partial charge in [0.2, 0.25) is 0 Å². The fourth-order valence-electron chi connectivity index (χ4n) is 6.35. The van der Waals surface area contributed by atoms with Crippen molar-refractivity contribution in [1.29, 1.82) is 0 Å². The van der Waals surface area contributed by atoms with Gasteiger partial charge in [-0.25, -0.2) is 4.79 Å². The van der Waals surface area contributed by atoms with E-state index in [0.29, 0.717) is 40.1 Å². The van der Waals surface area contributed by atoms with Crippen molar-refractivity contribution >= 4 is 28.7 Å². The standard InChI is InChI=1S/C38H30N4O4/c39-24-3-1-5-29(17-24)45-27-12-7-22(8-13-27)38(23-9-14-28(15-10-23)46-30-6-2-4-25(40)18-30)34-19-26(41)11-16-31(34)32-20-33(37(43)44)36(42)21-35(32)38/h1-21H,39-42H2,(H,43,44). The molecule has 0 aromatic heterocycles. The van der Waals surface area contributed by atoms with Gasteiger partial charge in [0.25, 0.3) is 0 Å². The number of carboxylic acids is 1. The first-order valence-electron chi connectivity index (χ1n) is 14.6. The van der Waals surface area contributed by atoms with Crippen LogP contribution in [-0.2, 0) is 5.41 Å². The number of carbonyl (C=O) groups is 1. The van der Waals surface area contributed by atoms with Gasteiger partial charge in [-0.2, -0.15) is 0 Å². The minimum atomic E-state index is -1.10. The average Bonchev–Trinajstić information content (AvgIpc) is 3.30. The minimum absolute atomic E-state index is 0.0362. The van der Waals surface area contributed by atoms with E-state index in [9.17, 15) is 9.90 Å². The molecule has 0 bridgehead atoms. The second kappa shape index (κ2) is 10.9. The molecule has 0 saturated carbocycles. The first kappa shape index (κ1) is 28.4. The molecule has 0 radical (unpaired) electrons. The molecular weight excluding hydrogens is 576 g/mol. The number of anilines is 4. The Balaban J connectivity index is 1.42. The summed E-state index contributed by atoms with van der Waals surface area (Å²) in [5, 5.41) is 9.95. The van der Waals surface area contributed by atoms with E-state index in [1.807, 2.05) is 91.0 Å². The largest absolute Gasteiger partial charge is 0.478 e. The van der Waals surface area contributed by atoms with Gasteiger partial charge in [0.05, 0.1) is 11.0 Å². The zero-order valence-corrected chi connectivity index (χ0v) is 24.6. The summed E-state index contributed by atoms with van der Waals surface area (Å²) in [7, 11) is 0. The summed E-state index contributed by atoms with van der Waals surface area (Å²) >= 11 is 0. The summed E-state index contributed by atoms with van der Waals surface area (Å²) in [5.41, 5.74) is 31.0. The van der Waals surface area contributed by atoms with Crippen molar-refractivity contribution in [1.82, 2.24) is 0 Å². The molecule has 1 aliphatic carbocycles. The van der Waals surface area contributed by atoms with Crippen LogP contribution in [0.15, 0.2) is 127 Å². The van der Waals surface area contributed by atoms with Gasteiger partial charge in [0.15, 0.2) is 0 Å². The molecular formula is C38H30N4O4. The summed E-state index contributed by atoms with van der Waals surface area (Å²) < 4.78 is 12.2. The number of benzene rings is 6. The van der Waals surface area contributed by atoms with Crippen molar-refractivity contribution in [3.63, 3.8) is 0 Å². The van der Waals surface area contributed by atoms with Gasteiger partial charge in [-0.05, 0) is 106 Å². The van der Waals surface area contributed by atoms with Crippen LogP contribution < -0.4 is 32.4 Å². The highest BCUT2D eigenvalue weighted by Gasteiger charge is 2.47. The van der Waals surface area contributed by atoms with Gasteiger partial charge in [0, 0.05) is 34.9 Å². The molecule has 0 unspecified atom stereocenters. The van der Waals surface area contributed by atoms with Crippen LogP contribution in [0.3, 0.4) is 0 Å². The molecule has 226 valence electrons. The molecule has 0 fully saturated rings. The molecule has 6 aromatic carbocycles. The molecule has 8 heteroatoms. The smallest absolute Gasteiger partial charge is 0.337 e. The third-order valence-electron chi connectivity index (χ3n) is 8.32.